The number of carbonyl (C=O) groups excluding carboxylic acids is 1. The van der Waals surface area contributed by atoms with Crippen molar-refractivity contribution < 1.29 is 13.9 Å². The molecule has 140 valence electrons. The molecular formula is C19H25FN4O2. The lowest BCUT2D eigenvalue weighted by atomic mass is 9.98. The molecule has 2 amide bonds. The summed E-state index contributed by atoms with van der Waals surface area (Å²) in [6.45, 7) is 4.19. The van der Waals surface area contributed by atoms with Gasteiger partial charge in [0.2, 0.25) is 0 Å². The average molecular weight is 360 g/mol. The fraction of sp³-hybridized carbons (Fsp3) is 0.474. The predicted octanol–water partition coefficient (Wildman–Crippen LogP) is 3.14. The second-order valence-corrected chi connectivity index (χ2v) is 6.75. The van der Waals surface area contributed by atoms with Crippen molar-refractivity contribution in [2.24, 2.45) is 5.92 Å². The van der Waals surface area contributed by atoms with Gasteiger partial charge in [-0.15, -0.1) is 0 Å². The van der Waals surface area contributed by atoms with Crippen molar-refractivity contribution in [3.63, 3.8) is 0 Å². The van der Waals surface area contributed by atoms with Gasteiger partial charge >= 0.3 is 6.03 Å². The number of urea groups is 1. The summed E-state index contributed by atoms with van der Waals surface area (Å²) in [5.74, 6) is 0.256. The van der Waals surface area contributed by atoms with Crippen molar-refractivity contribution in [3.05, 3.63) is 48.0 Å². The number of aromatic nitrogens is 2. The molecule has 7 heteroatoms. The zero-order valence-electron chi connectivity index (χ0n) is 15.2. The van der Waals surface area contributed by atoms with E-state index < -0.39 is 0 Å². The first-order valence-electron chi connectivity index (χ1n) is 8.91. The second kappa shape index (κ2) is 8.31. The SMILES string of the molecule is COCC1CCN(C(=O)N[C@H](C)c2cnn(-c3ccc(F)cc3)c2)CC1. The Hall–Kier alpha value is -2.41. The monoisotopic (exact) mass is 360 g/mol. The Labute approximate surface area is 152 Å². The normalized spacial score (nSPS) is 16.5. The number of methoxy groups -OCH3 is 1. The van der Waals surface area contributed by atoms with Gasteiger partial charge in [-0.2, -0.15) is 5.10 Å². The van der Waals surface area contributed by atoms with E-state index in [4.69, 9.17) is 4.74 Å². The van der Waals surface area contributed by atoms with Gasteiger partial charge in [0.05, 0.1) is 17.9 Å². The smallest absolute Gasteiger partial charge is 0.317 e. The molecule has 26 heavy (non-hydrogen) atoms. The van der Waals surface area contributed by atoms with Gasteiger partial charge in [0.1, 0.15) is 5.82 Å². The summed E-state index contributed by atoms with van der Waals surface area (Å²) in [5.41, 5.74) is 1.67. The topological polar surface area (TPSA) is 59.4 Å². The van der Waals surface area contributed by atoms with Crippen LogP contribution < -0.4 is 5.32 Å². The molecule has 0 aliphatic carbocycles. The van der Waals surface area contributed by atoms with Crippen LogP contribution in [0, 0.1) is 11.7 Å². The summed E-state index contributed by atoms with van der Waals surface area (Å²) in [6.07, 6.45) is 5.51. The minimum absolute atomic E-state index is 0.0529. The highest BCUT2D eigenvalue weighted by molar-refractivity contribution is 5.74. The molecule has 1 aromatic carbocycles. The molecule has 6 nitrogen and oxygen atoms in total. The van der Waals surface area contributed by atoms with E-state index in [1.165, 1.54) is 12.1 Å². The molecule has 1 fully saturated rings. The van der Waals surface area contributed by atoms with E-state index in [1.54, 1.807) is 30.1 Å². The fourth-order valence-electron chi connectivity index (χ4n) is 3.19. The predicted molar refractivity (Wildman–Crippen MR) is 96.6 cm³/mol. The molecule has 1 N–H and O–H groups in total. The summed E-state index contributed by atoms with van der Waals surface area (Å²) in [5, 5.41) is 7.33. The number of amides is 2. The minimum Gasteiger partial charge on any atom is -0.384 e. The average Bonchev–Trinajstić information content (AvgIpc) is 3.13. The highest BCUT2D eigenvalue weighted by atomic mass is 19.1. The van der Waals surface area contributed by atoms with Crippen LogP contribution in [0.5, 0.6) is 0 Å². The van der Waals surface area contributed by atoms with Gasteiger partial charge < -0.3 is 15.0 Å². The molecule has 0 bridgehead atoms. The Kier molecular flexibility index (Phi) is 5.88. The first-order chi connectivity index (χ1) is 12.6. The largest absolute Gasteiger partial charge is 0.384 e. The van der Waals surface area contributed by atoms with Crippen LogP contribution in [-0.4, -0.2) is 47.5 Å². The third-order valence-electron chi connectivity index (χ3n) is 4.84. The first kappa shape index (κ1) is 18.4. The van der Waals surface area contributed by atoms with E-state index in [2.05, 4.69) is 10.4 Å². The Bertz CT molecular complexity index is 723. The standard InChI is InChI=1S/C19H25FN4O2/c1-14(22-19(25)23-9-7-15(8-10-23)13-26-2)16-11-21-24(12-16)18-5-3-17(20)4-6-18/h3-6,11-12,14-15H,7-10,13H2,1-2H3,(H,22,25)/t14-/m1/s1. The lowest BCUT2D eigenvalue weighted by Gasteiger charge is -2.32. The Morgan fingerprint density at radius 2 is 2.04 bits per heavy atom. The molecule has 1 aliphatic heterocycles. The summed E-state index contributed by atoms with van der Waals surface area (Å²) in [7, 11) is 1.72. The van der Waals surface area contributed by atoms with Crippen LogP contribution >= 0.6 is 0 Å². The summed E-state index contributed by atoms with van der Waals surface area (Å²) < 4.78 is 19.9. The van der Waals surface area contributed by atoms with Crippen molar-refractivity contribution in [1.29, 1.82) is 0 Å². The number of nitrogens with zero attached hydrogens (tertiary/aromatic N) is 3. The van der Waals surface area contributed by atoms with E-state index in [9.17, 15) is 9.18 Å². The highest BCUT2D eigenvalue weighted by Crippen LogP contribution is 2.19. The maximum atomic E-state index is 13.0. The fourth-order valence-corrected chi connectivity index (χ4v) is 3.19. The molecule has 0 radical (unpaired) electrons. The molecule has 2 aromatic rings. The number of benzene rings is 1. The molecule has 0 unspecified atom stereocenters. The Morgan fingerprint density at radius 1 is 1.35 bits per heavy atom. The van der Waals surface area contributed by atoms with E-state index in [-0.39, 0.29) is 17.9 Å². The quantitative estimate of drug-likeness (QED) is 0.891. The van der Waals surface area contributed by atoms with Crippen LogP contribution in [0.2, 0.25) is 0 Å². The van der Waals surface area contributed by atoms with Crippen LogP contribution in [0.3, 0.4) is 0 Å². The number of nitrogens with one attached hydrogen (secondary N) is 1. The van der Waals surface area contributed by atoms with Crippen molar-refractivity contribution in [1.82, 2.24) is 20.0 Å². The van der Waals surface area contributed by atoms with Crippen LogP contribution in [0.1, 0.15) is 31.4 Å². The highest BCUT2D eigenvalue weighted by Gasteiger charge is 2.24. The number of halogens is 1. The van der Waals surface area contributed by atoms with Crippen molar-refractivity contribution in [2.75, 3.05) is 26.8 Å². The maximum Gasteiger partial charge on any atom is 0.317 e. The Morgan fingerprint density at radius 3 is 2.69 bits per heavy atom. The Balaban J connectivity index is 1.56. The zero-order valence-corrected chi connectivity index (χ0v) is 15.2. The van der Waals surface area contributed by atoms with Gasteiger partial charge in [0, 0.05) is 38.6 Å². The van der Waals surface area contributed by atoms with Gasteiger partial charge in [0.15, 0.2) is 0 Å². The third kappa shape index (κ3) is 4.40. The molecule has 2 heterocycles. The molecule has 1 atom stereocenters. The van der Waals surface area contributed by atoms with Gasteiger partial charge in [-0.05, 0) is 49.9 Å². The molecule has 1 aromatic heterocycles. The van der Waals surface area contributed by atoms with Gasteiger partial charge in [-0.3, -0.25) is 0 Å². The summed E-state index contributed by atoms with van der Waals surface area (Å²) in [6, 6.07) is 5.92. The van der Waals surface area contributed by atoms with Crippen molar-refractivity contribution >= 4 is 6.03 Å². The van der Waals surface area contributed by atoms with E-state index in [0.29, 0.717) is 5.92 Å². The van der Waals surface area contributed by atoms with Crippen molar-refractivity contribution in [2.45, 2.75) is 25.8 Å². The summed E-state index contributed by atoms with van der Waals surface area (Å²) >= 11 is 0. The molecule has 1 saturated heterocycles. The second-order valence-electron chi connectivity index (χ2n) is 6.75. The molecule has 0 spiro atoms. The van der Waals surface area contributed by atoms with Crippen LogP contribution in [0.15, 0.2) is 36.7 Å². The minimum atomic E-state index is -0.281. The lowest BCUT2D eigenvalue weighted by molar-refractivity contribution is 0.106. The molecular weight excluding hydrogens is 335 g/mol. The van der Waals surface area contributed by atoms with Crippen molar-refractivity contribution in [3.8, 4) is 5.69 Å². The molecule has 1 aliphatic rings. The number of piperidine rings is 1. The number of likely N-dealkylation sites (tertiary alicyclic amines) is 1. The summed E-state index contributed by atoms with van der Waals surface area (Å²) in [4.78, 5) is 14.3. The van der Waals surface area contributed by atoms with E-state index in [0.717, 1.165) is 43.8 Å². The van der Waals surface area contributed by atoms with Crippen LogP contribution in [-0.2, 0) is 4.74 Å². The van der Waals surface area contributed by atoms with Gasteiger partial charge in [-0.25, -0.2) is 13.9 Å². The van der Waals surface area contributed by atoms with Crippen LogP contribution in [0.25, 0.3) is 5.69 Å². The zero-order chi connectivity index (χ0) is 18.5. The molecule has 0 saturated carbocycles. The van der Waals surface area contributed by atoms with Crippen LogP contribution in [0.4, 0.5) is 9.18 Å². The third-order valence-corrected chi connectivity index (χ3v) is 4.84. The van der Waals surface area contributed by atoms with E-state index in [1.807, 2.05) is 18.0 Å². The maximum absolute atomic E-state index is 13.0. The lowest BCUT2D eigenvalue weighted by Crippen LogP contribution is -2.45. The molecule has 3 rings (SSSR count). The van der Waals surface area contributed by atoms with Gasteiger partial charge in [-0.1, -0.05) is 0 Å². The number of rotatable bonds is 5. The number of hydrogen-bond donors (Lipinski definition) is 1. The van der Waals surface area contributed by atoms with Gasteiger partial charge in [0.25, 0.3) is 0 Å². The number of hydrogen-bond acceptors (Lipinski definition) is 3. The van der Waals surface area contributed by atoms with E-state index >= 15 is 0 Å². The number of carbonyl (C=O) groups is 1. The first-order valence-corrected chi connectivity index (χ1v) is 8.91. The number of ether oxygens (including phenoxy) is 1.